The van der Waals surface area contributed by atoms with E-state index in [2.05, 4.69) is 51.3 Å². The van der Waals surface area contributed by atoms with E-state index in [0.29, 0.717) is 78.2 Å². The zero-order chi connectivity index (χ0) is 46.7. The van der Waals surface area contributed by atoms with Gasteiger partial charge in [-0.3, -0.25) is 48.7 Å². The number of halogens is 1. The van der Waals surface area contributed by atoms with Crippen LogP contribution in [0.25, 0.3) is 0 Å². The summed E-state index contributed by atoms with van der Waals surface area (Å²) in [5, 5.41) is 15.1. The van der Waals surface area contributed by atoms with E-state index in [-0.39, 0.29) is 54.0 Å². The number of nitrogens with zero attached hydrogens (tertiary/aromatic N) is 6. The second-order valence-corrected chi connectivity index (χ2v) is 17.6. The Morgan fingerprint density at radius 3 is 2.32 bits per heavy atom. The van der Waals surface area contributed by atoms with Gasteiger partial charge in [-0.25, -0.2) is 15.0 Å². The third kappa shape index (κ3) is 12.0. The maximum Gasteiger partial charge on any atom is 0.267 e. The number of unbranched alkanes of at least 4 members (excludes halogenated alkanes) is 5. The summed E-state index contributed by atoms with van der Waals surface area (Å²) in [5.74, 6) is -1.19. The van der Waals surface area contributed by atoms with E-state index >= 15 is 0 Å². The Labute approximate surface area is 390 Å². The Bertz CT molecular complexity index is 2470. The van der Waals surface area contributed by atoms with E-state index in [1.807, 2.05) is 32.0 Å². The van der Waals surface area contributed by atoms with Crippen molar-refractivity contribution in [2.24, 2.45) is 0 Å². The molecule has 2 aromatic carbocycles. The lowest BCUT2D eigenvalue weighted by Gasteiger charge is -2.35. The van der Waals surface area contributed by atoms with Gasteiger partial charge in [-0.15, -0.1) is 0 Å². The molecule has 1 atom stereocenters. The molecule has 2 aromatic heterocycles. The lowest BCUT2D eigenvalue weighted by molar-refractivity contribution is -0.136. The SMILES string of the molecule is Cc1nc(Nc2ncc(C(=O)Nc3c(C)cccc3Cl)s2)cc(N2CCN(CC(=O)NCCCCCCCCNC(=O)COc3cccc4c3C(=O)N(C3CCC(=O)NC3=O)C4=O)CC2)n1. The number of carbonyl (C=O) groups is 7. The lowest BCUT2D eigenvalue weighted by Crippen LogP contribution is -2.54. The Hall–Kier alpha value is -6.51. The molecular weight excluding hydrogens is 890 g/mol. The minimum Gasteiger partial charge on any atom is -0.483 e. The monoisotopic (exact) mass is 941 g/mol. The van der Waals surface area contributed by atoms with Crippen LogP contribution in [0.15, 0.2) is 48.7 Å². The number of amides is 7. The average Bonchev–Trinajstić information content (AvgIpc) is 3.86. The van der Waals surface area contributed by atoms with Crippen LogP contribution in [0, 0.1) is 13.8 Å². The number of rotatable bonds is 20. The minimum absolute atomic E-state index is 0.00280. The van der Waals surface area contributed by atoms with Gasteiger partial charge in [0.05, 0.1) is 34.6 Å². The van der Waals surface area contributed by atoms with Crippen molar-refractivity contribution in [1.82, 2.24) is 40.7 Å². The van der Waals surface area contributed by atoms with E-state index in [9.17, 15) is 33.6 Å². The quantitative estimate of drug-likeness (QED) is 0.0612. The molecule has 0 spiro atoms. The summed E-state index contributed by atoms with van der Waals surface area (Å²) < 4.78 is 5.65. The molecule has 21 heteroatoms. The van der Waals surface area contributed by atoms with Gasteiger partial charge in [-0.2, -0.15) is 0 Å². The van der Waals surface area contributed by atoms with Crippen molar-refractivity contribution in [2.45, 2.75) is 71.3 Å². The highest BCUT2D eigenvalue weighted by Gasteiger charge is 2.46. The number of aromatic nitrogens is 3. The van der Waals surface area contributed by atoms with Gasteiger partial charge in [-0.05, 0) is 56.9 Å². The summed E-state index contributed by atoms with van der Waals surface area (Å²) in [6.07, 6.45) is 7.10. The minimum atomic E-state index is -1.09. The van der Waals surface area contributed by atoms with Gasteiger partial charge < -0.3 is 30.9 Å². The van der Waals surface area contributed by atoms with Crippen LogP contribution in [0.4, 0.5) is 22.5 Å². The fourth-order valence-corrected chi connectivity index (χ4v) is 8.88. The fraction of sp³-hybridized carbons (Fsp3) is 0.422. The lowest BCUT2D eigenvalue weighted by atomic mass is 10.0. The third-order valence-electron chi connectivity index (χ3n) is 11.3. The average molecular weight is 942 g/mol. The number of hydrogen-bond acceptors (Lipinski definition) is 15. The molecule has 348 valence electrons. The number of thiazole rings is 1. The van der Waals surface area contributed by atoms with E-state index in [0.717, 1.165) is 54.8 Å². The largest absolute Gasteiger partial charge is 0.483 e. The number of anilines is 4. The van der Waals surface area contributed by atoms with Crippen LogP contribution in [0.1, 0.15) is 93.1 Å². The molecule has 0 aliphatic carbocycles. The summed E-state index contributed by atoms with van der Waals surface area (Å²) in [7, 11) is 0. The van der Waals surface area contributed by atoms with Gasteiger partial charge in [0.2, 0.25) is 17.7 Å². The normalized spacial score (nSPS) is 16.2. The molecule has 5 heterocycles. The second-order valence-electron chi connectivity index (χ2n) is 16.2. The van der Waals surface area contributed by atoms with Gasteiger partial charge in [0.25, 0.3) is 23.6 Å². The van der Waals surface area contributed by atoms with Crippen LogP contribution in [0.5, 0.6) is 5.75 Å². The van der Waals surface area contributed by atoms with Gasteiger partial charge in [0, 0.05) is 51.8 Å². The predicted molar refractivity (Wildman–Crippen MR) is 247 cm³/mol. The van der Waals surface area contributed by atoms with Gasteiger partial charge in [0.1, 0.15) is 34.1 Å². The Morgan fingerprint density at radius 2 is 1.59 bits per heavy atom. The number of aryl methyl sites for hydroxylation is 2. The van der Waals surface area contributed by atoms with Gasteiger partial charge >= 0.3 is 0 Å². The maximum atomic E-state index is 13.2. The molecule has 7 amide bonds. The van der Waals surface area contributed by atoms with Gasteiger partial charge in [-0.1, -0.05) is 66.8 Å². The summed E-state index contributed by atoms with van der Waals surface area (Å²) in [5.41, 5.74) is 1.50. The zero-order valence-corrected chi connectivity index (χ0v) is 38.3. The van der Waals surface area contributed by atoms with Crippen molar-refractivity contribution >= 4 is 86.7 Å². The molecule has 2 saturated heterocycles. The zero-order valence-electron chi connectivity index (χ0n) is 36.7. The summed E-state index contributed by atoms with van der Waals surface area (Å²) in [6.45, 7) is 7.53. The molecule has 7 rings (SSSR count). The maximum absolute atomic E-state index is 13.2. The molecule has 3 aliphatic rings. The van der Waals surface area contributed by atoms with Crippen LogP contribution < -0.4 is 36.2 Å². The Morgan fingerprint density at radius 1 is 0.879 bits per heavy atom. The number of piperazine rings is 1. The van der Waals surface area contributed by atoms with E-state index in [1.54, 1.807) is 12.1 Å². The molecule has 0 bridgehead atoms. The fourth-order valence-electron chi connectivity index (χ4n) is 7.90. The summed E-state index contributed by atoms with van der Waals surface area (Å²) in [6, 6.07) is 10.7. The number of para-hydroxylation sites is 1. The number of nitrogens with one attached hydrogen (secondary N) is 5. The number of hydrogen-bond donors (Lipinski definition) is 5. The first-order valence-corrected chi connectivity index (χ1v) is 23.2. The molecule has 1 unspecified atom stereocenters. The van der Waals surface area contributed by atoms with Crippen LogP contribution in [0.3, 0.4) is 0 Å². The first-order valence-electron chi connectivity index (χ1n) is 22.0. The van der Waals surface area contributed by atoms with Crippen LogP contribution >= 0.6 is 22.9 Å². The number of piperidine rings is 1. The molecule has 0 radical (unpaired) electrons. The number of carbonyl (C=O) groups excluding carboxylic acids is 7. The number of fused-ring (bicyclic) bond motifs is 1. The molecule has 5 N–H and O–H groups in total. The first-order chi connectivity index (χ1) is 31.8. The van der Waals surface area contributed by atoms with Crippen molar-refractivity contribution in [3.63, 3.8) is 0 Å². The highest BCUT2D eigenvalue weighted by atomic mass is 35.5. The van der Waals surface area contributed by atoms with Gasteiger partial charge in [0.15, 0.2) is 11.7 Å². The number of ether oxygens (including phenoxy) is 1. The standard InChI is InChI=1S/C45H52ClN11O8S/c1-27-11-9-13-30(46)40(27)54-42(62)33-24-49-45(66-33)52-34-23-35(51-28(2)50-34)56-21-19-55(20-22-56)25-37(59)47-17-7-5-3-4-6-8-18-48-38(60)26-65-32-14-10-12-29-39(32)44(64)57(43(29)63)31-15-16-36(58)53-41(31)61/h9-14,23-24,31H,3-8,15-22,25-26H2,1-2H3,(H,47,59)(H,48,60)(H,54,62)(H,53,58,61)(H,49,50,51,52). The van der Waals surface area contributed by atoms with Crippen LogP contribution in [0.2, 0.25) is 5.02 Å². The summed E-state index contributed by atoms with van der Waals surface area (Å²) >= 11 is 7.49. The third-order valence-corrected chi connectivity index (χ3v) is 12.6. The van der Waals surface area contributed by atoms with Crippen molar-refractivity contribution < 1.29 is 38.3 Å². The molecular formula is C45H52ClN11O8S. The second kappa shape index (κ2) is 22.1. The molecule has 2 fully saturated rings. The smallest absolute Gasteiger partial charge is 0.267 e. The number of benzene rings is 2. The predicted octanol–water partition coefficient (Wildman–Crippen LogP) is 4.37. The van der Waals surface area contributed by atoms with Crippen molar-refractivity contribution in [2.75, 3.05) is 68.0 Å². The van der Waals surface area contributed by atoms with Crippen LogP contribution in [-0.4, -0.2) is 125 Å². The molecule has 4 aromatic rings. The van der Waals surface area contributed by atoms with E-state index in [4.69, 9.17) is 16.3 Å². The Kier molecular flexibility index (Phi) is 15.9. The van der Waals surface area contributed by atoms with E-state index < -0.39 is 29.7 Å². The summed E-state index contributed by atoms with van der Waals surface area (Å²) in [4.78, 5) is 107. The molecule has 3 aliphatic heterocycles. The number of imide groups is 2. The highest BCUT2D eigenvalue weighted by Crippen LogP contribution is 2.34. The Balaban J connectivity index is 0.725. The van der Waals surface area contributed by atoms with Crippen molar-refractivity contribution in [1.29, 1.82) is 0 Å². The van der Waals surface area contributed by atoms with Crippen molar-refractivity contribution in [3.05, 3.63) is 81.1 Å². The topological polar surface area (TPSA) is 237 Å². The highest BCUT2D eigenvalue weighted by molar-refractivity contribution is 7.17. The molecule has 0 saturated carbocycles. The molecule has 19 nitrogen and oxygen atoms in total. The van der Waals surface area contributed by atoms with E-state index in [1.165, 1.54) is 29.7 Å². The molecule has 66 heavy (non-hydrogen) atoms. The van der Waals surface area contributed by atoms with Crippen molar-refractivity contribution in [3.8, 4) is 5.75 Å². The first kappa shape index (κ1) is 47.5. The van der Waals surface area contributed by atoms with Crippen LogP contribution in [-0.2, 0) is 19.2 Å².